The van der Waals surface area contributed by atoms with E-state index in [1.54, 1.807) is 11.3 Å². The highest BCUT2D eigenvalue weighted by molar-refractivity contribution is 7.27. The van der Waals surface area contributed by atoms with Gasteiger partial charge in [0.25, 0.3) is 0 Å². The van der Waals surface area contributed by atoms with Crippen molar-refractivity contribution >= 4 is 38.0 Å². The first-order chi connectivity index (χ1) is 7.31. The summed E-state index contributed by atoms with van der Waals surface area (Å²) in [5.41, 5.74) is 0. The molecule has 0 fully saturated rings. The number of esters is 1. The van der Waals surface area contributed by atoms with Crippen LogP contribution in [0.2, 0.25) is 0 Å². The van der Waals surface area contributed by atoms with Crippen molar-refractivity contribution in [3.8, 4) is 0 Å². The van der Waals surface area contributed by atoms with Crippen LogP contribution in [-0.2, 0) is 4.74 Å². The van der Waals surface area contributed by atoms with Crippen molar-refractivity contribution in [1.29, 1.82) is 0 Å². The summed E-state index contributed by atoms with van der Waals surface area (Å²) >= 11 is 3.16. The number of rotatable bonds is 4. The lowest BCUT2D eigenvalue weighted by atomic mass is 10.4. The maximum Gasteiger partial charge on any atom is 0.348 e. The molecule has 0 spiro atoms. The Morgan fingerprint density at radius 1 is 1.47 bits per heavy atom. The predicted octanol–water partition coefficient (Wildman–Crippen LogP) is 3.92. The van der Waals surface area contributed by atoms with Crippen molar-refractivity contribution < 1.29 is 9.53 Å². The molecule has 0 unspecified atom stereocenters. The lowest BCUT2D eigenvalue weighted by Gasteiger charge is -2.00. The molecule has 2 nitrogen and oxygen atoms in total. The molecular formula is C11H12O2S2. The van der Waals surface area contributed by atoms with Crippen LogP contribution in [-0.4, -0.2) is 12.6 Å². The Bertz CT molecular complexity index is 427. The van der Waals surface area contributed by atoms with Gasteiger partial charge in [0.15, 0.2) is 0 Å². The van der Waals surface area contributed by atoms with Crippen molar-refractivity contribution in [1.82, 2.24) is 0 Å². The minimum absolute atomic E-state index is 0.183. The number of hydrogen-bond acceptors (Lipinski definition) is 4. The van der Waals surface area contributed by atoms with E-state index >= 15 is 0 Å². The van der Waals surface area contributed by atoms with Gasteiger partial charge in [-0.1, -0.05) is 13.3 Å². The van der Waals surface area contributed by atoms with Crippen molar-refractivity contribution in [2.24, 2.45) is 0 Å². The molecule has 0 aliphatic heterocycles. The van der Waals surface area contributed by atoms with Crippen LogP contribution in [0.1, 0.15) is 29.4 Å². The van der Waals surface area contributed by atoms with Gasteiger partial charge in [0.05, 0.1) is 6.61 Å². The maximum atomic E-state index is 11.6. The summed E-state index contributed by atoms with van der Waals surface area (Å²) in [7, 11) is 0. The van der Waals surface area contributed by atoms with Gasteiger partial charge in [-0.25, -0.2) is 4.79 Å². The molecule has 2 heterocycles. The molecule has 0 bridgehead atoms. The molecule has 2 rings (SSSR count). The van der Waals surface area contributed by atoms with Gasteiger partial charge in [-0.3, -0.25) is 0 Å². The monoisotopic (exact) mass is 240 g/mol. The number of hydrogen-bond donors (Lipinski definition) is 0. The number of ether oxygens (including phenoxy) is 1. The molecule has 4 heteroatoms. The van der Waals surface area contributed by atoms with E-state index in [2.05, 4.69) is 6.92 Å². The van der Waals surface area contributed by atoms with E-state index in [0.29, 0.717) is 11.5 Å². The summed E-state index contributed by atoms with van der Waals surface area (Å²) in [6, 6.07) is 3.95. The van der Waals surface area contributed by atoms with E-state index in [0.717, 1.165) is 12.8 Å². The minimum atomic E-state index is -0.183. The van der Waals surface area contributed by atoms with Gasteiger partial charge in [-0.2, -0.15) is 0 Å². The van der Waals surface area contributed by atoms with Crippen LogP contribution in [0.15, 0.2) is 17.5 Å². The molecule has 0 amide bonds. The van der Waals surface area contributed by atoms with Gasteiger partial charge >= 0.3 is 5.97 Å². The third kappa shape index (κ3) is 2.38. The van der Waals surface area contributed by atoms with Gasteiger partial charge in [-0.15, -0.1) is 22.7 Å². The number of unbranched alkanes of at least 4 members (excludes halogenated alkanes) is 1. The Balaban J connectivity index is 2.04. The summed E-state index contributed by atoms with van der Waals surface area (Å²) in [5, 5.41) is 2.04. The molecule has 0 radical (unpaired) electrons. The number of carbonyl (C=O) groups excluding carboxylic acids is 1. The van der Waals surface area contributed by atoms with Crippen LogP contribution >= 0.6 is 22.7 Å². The van der Waals surface area contributed by atoms with Crippen molar-refractivity contribution in [3.05, 3.63) is 22.4 Å². The molecule has 0 N–H and O–H groups in total. The fraction of sp³-hybridized carbons (Fsp3) is 0.364. The number of carbonyl (C=O) groups is 1. The Kier molecular flexibility index (Phi) is 3.38. The van der Waals surface area contributed by atoms with Gasteiger partial charge in [0.1, 0.15) is 4.88 Å². The minimum Gasteiger partial charge on any atom is -0.462 e. The highest BCUT2D eigenvalue weighted by Gasteiger charge is 2.11. The van der Waals surface area contributed by atoms with Gasteiger partial charge in [0, 0.05) is 9.40 Å². The molecule has 0 aliphatic carbocycles. The summed E-state index contributed by atoms with van der Waals surface area (Å²) < 4.78 is 7.48. The first-order valence-electron chi connectivity index (χ1n) is 4.95. The first kappa shape index (κ1) is 10.6. The van der Waals surface area contributed by atoms with Gasteiger partial charge in [0.2, 0.25) is 0 Å². The third-order valence-electron chi connectivity index (χ3n) is 2.07. The van der Waals surface area contributed by atoms with Crippen LogP contribution in [0.25, 0.3) is 9.40 Å². The Morgan fingerprint density at radius 3 is 3.07 bits per heavy atom. The second-order valence-electron chi connectivity index (χ2n) is 3.25. The quantitative estimate of drug-likeness (QED) is 0.598. The fourth-order valence-corrected chi connectivity index (χ4v) is 3.25. The SMILES string of the molecule is CCCCOC(=O)c1cc2sccc2s1. The zero-order valence-corrected chi connectivity index (χ0v) is 10.1. The zero-order chi connectivity index (χ0) is 10.7. The Labute approximate surface area is 96.5 Å². The largest absolute Gasteiger partial charge is 0.462 e. The lowest BCUT2D eigenvalue weighted by molar-refractivity contribution is 0.0505. The zero-order valence-electron chi connectivity index (χ0n) is 8.49. The fourth-order valence-electron chi connectivity index (χ4n) is 1.25. The van der Waals surface area contributed by atoms with Crippen LogP contribution in [0, 0.1) is 0 Å². The number of thiophene rings is 2. The average Bonchev–Trinajstić information content (AvgIpc) is 2.76. The van der Waals surface area contributed by atoms with Crippen LogP contribution in [0.4, 0.5) is 0 Å². The molecule has 0 atom stereocenters. The van der Waals surface area contributed by atoms with Crippen molar-refractivity contribution in [3.63, 3.8) is 0 Å². The second-order valence-corrected chi connectivity index (χ2v) is 5.28. The molecular weight excluding hydrogens is 228 g/mol. The van der Waals surface area contributed by atoms with E-state index in [4.69, 9.17) is 4.74 Å². The molecule has 0 aromatic carbocycles. The van der Waals surface area contributed by atoms with E-state index in [-0.39, 0.29) is 5.97 Å². The summed E-state index contributed by atoms with van der Waals surface area (Å²) in [6.07, 6.45) is 1.98. The average molecular weight is 240 g/mol. The highest BCUT2D eigenvalue weighted by atomic mass is 32.1. The molecule has 2 aromatic heterocycles. The van der Waals surface area contributed by atoms with E-state index in [1.807, 2.05) is 17.5 Å². The van der Waals surface area contributed by atoms with Crippen molar-refractivity contribution in [2.75, 3.05) is 6.61 Å². The van der Waals surface area contributed by atoms with E-state index in [1.165, 1.54) is 20.7 Å². The third-order valence-corrected chi connectivity index (χ3v) is 4.15. The van der Waals surface area contributed by atoms with Crippen LogP contribution < -0.4 is 0 Å². The van der Waals surface area contributed by atoms with Crippen molar-refractivity contribution in [2.45, 2.75) is 19.8 Å². The summed E-state index contributed by atoms with van der Waals surface area (Å²) in [5.74, 6) is -0.183. The Morgan fingerprint density at radius 2 is 2.33 bits per heavy atom. The lowest BCUT2D eigenvalue weighted by Crippen LogP contribution is -2.03. The first-order valence-corrected chi connectivity index (χ1v) is 6.65. The molecule has 0 aliphatic rings. The molecule has 2 aromatic rings. The van der Waals surface area contributed by atoms with Gasteiger partial charge < -0.3 is 4.74 Å². The maximum absolute atomic E-state index is 11.6. The highest BCUT2D eigenvalue weighted by Crippen LogP contribution is 2.30. The topological polar surface area (TPSA) is 26.3 Å². The second kappa shape index (κ2) is 4.77. The van der Waals surface area contributed by atoms with Gasteiger partial charge in [-0.05, 0) is 23.9 Å². The normalized spacial score (nSPS) is 10.7. The molecule has 80 valence electrons. The van der Waals surface area contributed by atoms with E-state index in [9.17, 15) is 4.79 Å². The van der Waals surface area contributed by atoms with Crippen LogP contribution in [0.3, 0.4) is 0 Å². The number of fused-ring (bicyclic) bond motifs is 1. The molecule has 0 saturated heterocycles. The smallest absolute Gasteiger partial charge is 0.348 e. The molecule has 0 saturated carbocycles. The summed E-state index contributed by atoms with van der Waals surface area (Å²) in [6.45, 7) is 2.61. The standard InChI is InChI=1S/C11H12O2S2/c1-2-3-5-13-11(12)10-7-9-8(15-10)4-6-14-9/h4,6-7H,2-3,5H2,1H3. The predicted molar refractivity (Wildman–Crippen MR) is 64.9 cm³/mol. The molecule has 15 heavy (non-hydrogen) atoms. The van der Waals surface area contributed by atoms with E-state index < -0.39 is 0 Å². The Hall–Kier alpha value is -0.870. The van der Waals surface area contributed by atoms with Crippen LogP contribution in [0.5, 0.6) is 0 Å². The summed E-state index contributed by atoms with van der Waals surface area (Å²) in [4.78, 5) is 12.3.